The molecule has 4 aromatic carbocycles. The summed E-state index contributed by atoms with van der Waals surface area (Å²) in [5.41, 5.74) is 4.10. The molecule has 0 saturated heterocycles. The molecule has 4 aromatic rings. The Kier molecular flexibility index (Phi) is 16.2. The van der Waals surface area contributed by atoms with Gasteiger partial charge in [0.1, 0.15) is 42.4 Å². The van der Waals surface area contributed by atoms with Crippen LogP contribution in [0, 0.1) is 22.7 Å². The number of allylic oxidation sites excluding steroid dienone is 4. The van der Waals surface area contributed by atoms with Gasteiger partial charge >= 0.3 is 12.2 Å². The predicted octanol–water partition coefficient (Wildman–Crippen LogP) is 9.83. The molecular weight excluding hydrogens is 795 g/mol. The van der Waals surface area contributed by atoms with E-state index in [0.717, 1.165) is 16.7 Å². The minimum atomic E-state index is -0.872. The van der Waals surface area contributed by atoms with E-state index in [2.05, 4.69) is 5.32 Å². The first kappa shape index (κ1) is 43.2. The molecule has 302 valence electrons. The lowest BCUT2D eigenvalue weighted by molar-refractivity contribution is 0.104. The van der Waals surface area contributed by atoms with Gasteiger partial charge in [-0.2, -0.15) is 10.5 Å². The van der Waals surface area contributed by atoms with Gasteiger partial charge in [0.05, 0.1) is 28.4 Å². The molecule has 0 bridgehead atoms. The summed E-state index contributed by atoms with van der Waals surface area (Å²) in [7, 11) is 9.04. The second kappa shape index (κ2) is 22.1. The highest BCUT2D eigenvalue weighted by Gasteiger charge is 2.19. The smallest absolute Gasteiger partial charge is 0.493 e. The van der Waals surface area contributed by atoms with E-state index >= 15 is 0 Å². The number of methoxy groups -OCH3 is 4. The molecule has 1 aliphatic heterocycles. The van der Waals surface area contributed by atoms with Crippen LogP contribution < -0.4 is 33.7 Å². The first-order valence-corrected chi connectivity index (χ1v) is 20.3. The van der Waals surface area contributed by atoms with Crippen molar-refractivity contribution in [2.45, 2.75) is 0 Å². The molecule has 0 atom stereocenters. The summed E-state index contributed by atoms with van der Waals surface area (Å²) in [6, 6.07) is 27.0. The lowest BCUT2D eigenvalue weighted by Gasteiger charge is -2.18. The summed E-state index contributed by atoms with van der Waals surface area (Å²) < 4.78 is 43.5. The van der Waals surface area contributed by atoms with Crippen LogP contribution in [0.5, 0.6) is 34.5 Å². The van der Waals surface area contributed by atoms with Crippen LogP contribution in [0.15, 0.2) is 102 Å². The zero-order valence-corrected chi connectivity index (χ0v) is 34.1. The van der Waals surface area contributed by atoms with Crippen LogP contribution in [-0.2, 0) is 9.47 Å². The SMILES string of the molecule is COc1ccc(C=Cc2cc(OC)c(OC)c(OC)c2)cc1OC(=O)OCCSSCCOC(=O)Nc1ccc(C=CC2=CC(=C(C#N)C#N)c3ccccc3O2)cc1. The second-order valence-electron chi connectivity index (χ2n) is 11.9. The van der Waals surface area contributed by atoms with Crippen LogP contribution >= 0.6 is 21.6 Å². The number of carbonyl (C=O) groups excluding carboxylic acids is 2. The maximum Gasteiger partial charge on any atom is 0.514 e. The predicted molar refractivity (Wildman–Crippen MR) is 229 cm³/mol. The lowest BCUT2D eigenvalue weighted by atomic mass is 9.97. The molecule has 0 fully saturated rings. The van der Waals surface area contributed by atoms with Gasteiger partial charge in [0, 0.05) is 28.3 Å². The van der Waals surface area contributed by atoms with E-state index in [-0.39, 0.29) is 24.5 Å². The minimum Gasteiger partial charge on any atom is -0.493 e. The van der Waals surface area contributed by atoms with Crippen molar-refractivity contribution in [1.29, 1.82) is 10.5 Å². The van der Waals surface area contributed by atoms with Crippen molar-refractivity contribution in [2.24, 2.45) is 0 Å². The van der Waals surface area contributed by atoms with Crippen molar-refractivity contribution in [3.8, 4) is 46.6 Å². The van der Waals surface area contributed by atoms with Gasteiger partial charge in [-0.05, 0) is 71.3 Å². The van der Waals surface area contributed by atoms with Gasteiger partial charge in [0.25, 0.3) is 0 Å². The molecule has 13 nitrogen and oxygen atoms in total. The maximum atomic E-state index is 12.5. The molecular formula is C44H39N3O10S2. The van der Waals surface area contributed by atoms with E-state index in [1.54, 1.807) is 69.9 Å². The molecule has 1 N–H and O–H groups in total. The number of nitrogens with zero attached hydrogens (tertiary/aromatic N) is 2. The Labute approximate surface area is 349 Å². The molecule has 1 amide bonds. The average molecular weight is 834 g/mol. The Morgan fingerprint density at radius 2 is 1.31 bits per heavy atom. The zero-order valence-electron chi connectivity index (χ0n) is 32.5. The van der Waals surface area contributed by atoms with Crippen LogP contribution in [0.25, 0.3) is 23.8 Å². The molecule has 0 aliphatic carbocycles. The van der Waals surface area contributed by atoms with Crippen molar-refractivity contribution in [3.05, 3.63) is 125 Å². The molecule has 15 heteroatoms. The number of nitriles is 2. The number of hydrogen-bond acceptors (Lipinski definition) is 14. The Morgan fingerprint density at radius 1 is 0.695 bits per heavy atom. The highest BCUT2D eigenvalue weighted by molar-refractivity contribution is 8.76. The first-order chi connectivity index (χ1) is 28.8. The van der Waals surface area contributed by atoms with Crippen LogP contribution in [0.1, 0.15) is 22.3 Å². The van der Waals surface area contributed by atoms with Crippen LogP contribution in [0.4, 0.5) is 15.3 Å². The van der Waals surface area contributed by atoms with E-state index in [4.69, 9.17) is 37.9 Å². The first-order valence-electron chi connectivity index (χ1n) is 17.8. The number of ether oxygens (including phenoxy) is 8. The normalized spacial score (nSPS) is 11.6. The standard InChI is InChI=1S/C44H39N3O10S2/c1-50-38-18-14-30(9-10-31-24-40(51-2)42(53-4)41(25-31)52-3)23-39(38)57-44(49)55-20-22-59-58-21-19-54-43(48)47-33-15-11-29(12-16-33)13-17-34-26-36(32(27-45)28-46)35-7-5-6-8-37(35)56-34/h5-18,23-26H,19-22H2,1-4H3,(H,47,48). The second-order valence-corrected chi connectivity index (χ2v) is 14.6. The number of amides is 1. The molecule has 1 heterocycles. The maximum absolute atomic E-state index is 12.5. The fourth-order valence-electron chi connectivity index (χ4n) is 5.43. The third-order valence-electron chi connectivity index (χ3n) is 8.19. The number of hydrogen-bond donors (Lipinski definition) is 1. The molecule has 0 saturated carbocycles. The molecule has 1 aliphatic rings. The number of fused-ring (bicyclic) bond motifs is 1. The monoisotopic (exact) mass is 833 g/mol. The number of nitrogens with one attached hydrogen (secondary N) is 1. The average Bonchev–Trinajstić information content (AvgIpc) is 3.26. The minimum absolute atomic E-state index is 0.00201. The molecule has 0 unspecified atom stereocenters. The van der Waals surface area contributed by atoms with Crippen LogP contribution in [0.2, 0.25) is 0 Å². The van der Waals surface area contributed by atoms with Gasteiger partial charge in [-0.25, -0.2) is 9.59 Å². The number of para-hydroxylation sites is 1. The van der Waals surface area contributed by atoms with Crippen LogP contribution in [-0.4, -0.2) is 65.4 Å². The molecule has 59 heavy (non-hydrogen) atoms. The van der Waals surface area contributed by atoms with Gasteiger partial charge in [0.2, 0.25) is 5.75 Å². The Hall–Kier alpha value is -6.94. The number of rotatable bonds is 17. The summed E-state index contributed by atoms with van der Waals surface area (Å²) in [6.45, 7) is 0.275. The van der Waals surface area contributed by atoms with Gasteiger partial charge in [-0.15, -0.1) is 0 Å². The summed E-state index contributed by atoms with van der Waals surface area (Å²) in [6.07, 6.45) is 7.45. The van der Waals surface area contributed by atoms with Crippen molar-refractivity contribution in [1.82, 2.24) is 0 Å². The summed E-state index contributed by atoms with van der Waals surface area (Å²) in [5, 5.41) is 21.5. The number of benzene rings is 4. The van der Waals surface area contributed by atoms with E-state index in [9.17, 15) is 20.1 Å². The van der Waals surface area contributed by atoms with E-state index in [1.807, 2.05) is 72.8 Å². The van der Waals surface area contributed by atoms with Crippen molar-refractivity contribution >= 4 is 63.3 Å². The van der Waals surface area contributed by atoms with Gasteiger partial charge in [0.15, 0.2) is 23.0 Å². The quantitative estimate of drug-likeness (QED) is 0.0266. The Morgan fingerprint density at radius 3 is 1.97 bits per heavy atom. The van der Waals surface area contributed by atoms with Crippen molar-refractivity contribution < 1.29 is 47.5 Å². The molecule has 5 rings (SSSR count). The van der Waals surface area contributed by atoms with Crippen molar-refractivity contribution in [2.75, 3.05) is 58.5 Å². The number of carbonyl (C=O) groups is 2. The molecule has 0 spiro atoms. The van der Waals surface area contributed by atoms with E-state index in [0.29, 0.717) is 62.8 Å². The summed E-state index contributed by atoms with van der Waals surface area (Å²) in [4.78, 5) is 24.8. The van der Waals surface area contributed by atoms with E-state index in [1.165, 1.54) is 28.7 Å². The fraction of sp³-hybridized carbons (Fsp3) is 0.182. The summed E-state index contributed by atoms with van der Waals surface area (Å²) >= 11 is 0. The third-order valence-corrected chi connectivity index (χ3v) is 10.5. The largest absolute Gasteiger partial charge is 0.514 e. The van der Waals surface area contributed by atoms with Gasteiger partial charge in [-0.3, -0.25) is 5.32 Å². The Balaban J connectivity index is 0.992. The van der Waals surface area contributed by atoms with Crippen molar-refractivity contribution in [3.63, 3.8) is 0 Å². The Bertz CT molecular complexity index is 2300. The summed E-state index contributed by atoms with van der Waals surface area (Å²) in [5.74, 6) is 4.12. The third kappa shape index (κ3) is 12.3. The fourth-order valence-corrected chi connectivity index (χ4v) is 7.08. The van der Waals surface area contributed by atoms with Gasteiger partial charge in [-0.1, -0.05) is 76.2 Å². The lowest BCUT2D eigenvalue weighted by Crippen LogP contribution is -2.15. The highest BCUT2D eigenvalue weighted by Crippen LogP contribution is 2.39. The van der Waals surface area contributed by atoms with Gasteiger partial charge < -0.3 is 37.9 Å². The van der Waals surface area contributed by atoms with E-state index < -0.39 is 12.2 Å². The highest BCUT2D eigenvalue weighted by atomic mass is 33.1. The number of anilines is 1. The molecule has 0 radical (unpaired) electrons. The topological polar surface area (TPSA) is 168 Å². The molecule has 0 aromatic heterocycles. The zero-order chi connectivity index (χ0) is 42.0. The van der Waals surface area contributed by atoms with Crippen LogP contribution in [0.3, 0.4) is 0 Å².